The summed E-state index contributed by atoms with van der Waals surface area (Å²) in [4.78, 5) is 47.4. The van der Waals surface area contributed by atoms with Gasteiger partial charge >= 0.3 is 0 Å². The molecule has 4 rings (SSSR count). The number of aromatic amines is 1. The second-order valence-corrected chi connectivity index (χ2v) is 8.25. The van der Waals surface area contributed by atoms with Crippen molar-refractivity contribution < 1.29 is 18.4 Å². The van der Waals surface area contributed by atoms with Crippen molar-refractivity contribution in [1.82, 2.24) is 19.8 Å². The van der Waals surface area contributed by atoms with Crippen molar-refractivity contribution in [3.05, 3.63) is 81.9 Å². The Kier molecular flexibility index (Phi) is 6.69. The minimum absolute atomic E-state index is 0.000157. The molecule has 0 aliphatic carbocycles. The van der Waals surface area contributed by atoms with E-state index >= 15 is 0 Å². The number of piperazine rings is 1. The van der Waals surface area contributed by atoms with Crippen LogP contribution in [0.15, 0.2) is 63.1 Å². The number of nitrogens with one attached hydrogen (secondary N) is 1. The minimum atomic E-state index is -0.335. The molecule has 1 saturated heterocycles. The highest BCUT2D eigenvalue weighted by Gasteiger charge is 2.26. The van der Waals surface area contributed by atoms with E-state index in [9.17, 15) is 18.8 Å². The Hall–Kier alpha value is -3.40. The van der Waals surface area contributed by atoms with Gasteiger partial charge in [0.25, 0.3) is 11.5 Å². The number of carbonyl (C=O) groups is 2. The average molecular weight is 456 g/mol. The molecule has 32 heavy (non-hydrogen) atoms. The van der Waals surface area contributed by atoms with Gasteiger partial charge in [0.1, 0.15) is 5.82 Å². The number of amides is 2. The van der Waals surface area contributed by atoms with E-state index in [1.165, 1.54) is 36.2 Å². The van der Waals surface area contributed by atoms with Crippen molar-refractivity contribution in [3.8, 4) is 0 Å². The average Bonchev–Trinajstić information content (AvgIpc) is 3.33. The lowest BCUT2D eigenvalue weighted by atomic mass is 10.2. The van der Waals surface area contributed by atoms with Gasteiger partial charge in [-0.3, -0.25) is 14.4 Å². The summed E-state index contributed by atoms with van der Waals surface area (Å²) in [5, 5.41) is 0.401. The van der Waals surface area contributed by atoms with Gasteiger partial charge in [0.2, 0.25) is 5.91 Å². The Morgan fingerprint density at radius 1 is 1.09 bits per heavy atom. The number of thioether (sulfide) groups is 1. The third kappa shape index (κ3) is 5.44. The number of hydrogen-bond donors (Lipinski definition) is 1. The van der Waals surface area contributed by atoms with Gasteiger partial charge < -0.3 is 19.2 Å². The van der Waals surface area contributed by atoms with Crippen molar-refractivity contribution >= 4 is 23.6 Å². The fourth-order valence-corrected chi connectivity index (χ4v) is 4.21. The van der Waals surface area contributed by atoms with Gasteiger partial charge in [-0.1, -0.05) is 23.9 Å². The number of H-pyrrole nitrogens is 1. The standard InChI is InChI=1S/C22H21FN4O4S/c23-16-5-3-15(4-6-16)14-32-22-24-17(12-19(28)25-22)13-20(29)26-7-9-27(10-8-26)21(30)18-2-1-11-31-18/h1-6,11-12H,7-10,13-14H2,(H,24,25,28). The van der Waals surface area contributed by atoms with Crippen LogP contribution >= 0.6 is 11.8 Å². The van der Waals surface area contributed by atoms with E-state index in [0.717, 1.165) is 5.56 Å². The lowest BCUT2D eigenvalue weighted by molar-refractivity contribution is -0.132. The van der Waals surface area contributed by atoms with Gasteiger partial charge in [-0.2, -0.15) is 0 Å². The highest BCUT2D eigenvalue weighted by Crippen LogP contribution is 2.19. The Morgan fingerprint density at radius 2 is 1.81 bits per heavy atom. The molecule has 3 aromatic rings. The highest BCUT2D eigenvalue weighted by atomic mass is 32.2. The molecule has 3 heterocycles. The Labute approximate surface area is 187 Å². The van der Waals surface area contributed by atoms with Gasteiger partial charge in [0.05, 0.1) is 18.4 Å². The molecule has 0 unspecified atom stereocenters. The number of hydrogen-bond acceptors (Lipinski definition) is 6. The summed E-state index contributed by atoms with van der Waals surface area (Å²) in [6, 6.07) is 10.7. The Bertz CT molecular complexity index is 1140. The first-order valence-corrected chi connectivity index (χ1v) is 11.0. The van der Waals surface area contributed by atoms with Crippen LogP contribution in [0.1, 0.15) is 21.8 Å². The Morgan fingerprint density at radius 3 is 2.50 bits per heavy atom. The SMILES string of the molecule is O=C(Cc1cc(=O)[nH]c(SCc2ccc(F)cc2)n1)N1CCN(C(=O)c2ccco2)CC1. The van der Waals surface area contributed by atoms with Gasteiger partial charge in [0.15, 0.2) is 10.9 Å². The van der Waals surface area contributed by atoms with Gasteiger partial charge in [-0.05, 0) is 29.8 Å². The van der Waals surface area contributed by atoms with Crippen LogP contribution in [0.3, 0.4) is 0 Å². The number of rotatable bonds is 6. The predicted molar refractivity (Wildman–Crippen MR) is 116 cm³/mol. The normalized spacial score (nSPS) is 13.9. The van der Waals surface area contributed by atoms with Crippen LogP contribution in [-0.2, 0) is 17.0 Å². The molecule has 2 amide bonds. The number of benzene rings is 1. The molecule has 1 aliphatic rings. The fourth-order valence-electron chi connectivity index (χ4n) is 3.36. The molecule has 0 bridgehead atoms. The molecule has 0 saturated carbocycles. The van der Waals surface area contributed by atoms with Gasteiger partial charge in [-0.25, -0.2) is 9.37 Å². The predicted octanol–water partition coefficient (Wildman–Crippen LogP) is 2.32. The van der Waals surface area contributed by atoms with E-state index in [1.807, 2.05) is 0 Å². The molecular formula is C22H21FN4O4S. The highest BCUT2D eigenvalue weighted by molar-refractivity contribution is 7.98. The van der Waals surface area contributed by atoms with Crippen LogP contribution in [0.4, 0.5) is 4.39 Å². The van der Waals surface area contributed by atoms with Crippen molar-refractivity contribution in [3.63, 3.8) is 0 Å². The lowest BCUT2D eigenvalue weighted by Crippen LogP contribution is -2.51. The summed E-state index contributed by atoms with van der Waals surface area (Å²) in [5.41, 5.74) is 0.940. The van der Waals surface area contributed by atoms with Crippen molar-refractivity contribution in [1.29, 1.82) is 0 Å². The number of carbonyl (C=O) groups excluding carboxylic acids is 2. The lowest BCUT2D eigenvalue weighted by Gasteiger charge is -2.34. The summed E-state index contributed by atoms with van der Waals surface area (Å²) in [7, 11) is 0. The van der Waals surface area contributed by atoms with Crippen LogP contribution in [0.25, 0.3) is 0 Å². The summed E-state index contributed by atoms with van der Waals surface area (Å²) < 4.78 is 18.2. The second-order valence-electron chi connectivity index (χ2n) is 7.28. The van der Waals surface area contributed by atoms with Crippen molar-refractivity contribution in [2.24, 2.45) is 0 Å². The van der Waals surface area contributed by atoms with Crippen LogP contribution in [0.2, 0.25) is 0 Å². The maximum absolute atomic E-state index is 13.0. The van der Waals surface area contributed by atoms with E-state index in [2.05, 4.69) is 9.97 Å². The molecule has 1 aliphatic heterocycles. The molecule has 1 aromatic carbocycles. The smallest absolute Gasteiger partial charge is 0.289 e. The molecule has 1 fully saturated rings. The molecule has 0 spiro atoms. The van der Waals surface area contributed by atoms with Crippen molar-refractivity contribution in [2.45, 2.75) is 17.3 Å². The molecule has 0 atom stereocenters. The summed E-state index contributed by atoms with van der Waals surface area (Å²) >= 11 is 1.31. The molecule has 0 radical (unpaired) electrons. The van der Waals surface area contributed by atoms with E-state index < -0.39 is 0 Å². The van der Waals surface area contributed by atoms with Crippen LogP contribution < -0.4 is 5.56 Å². The van der Waals surface area contributed by atoms with E-state index in [0.29, 0.717) is 42.8 Å². The molecule has 10 heteroatoms. The molecule has 8 nitrogen and oxygen atoms in total. The van der Waals surface area contributed by atoms with Crippen LogP contribution in [-0.4, -0.2) is 57.8 Å². The van der Waals surface area contributed by atoms with E-state index in [4.69, 9.17) is 4.42 Å². The molecule has 1 N–H and O–H groups in total. The maximum Gasteiger partial charge on any atom is 0.289 e. The summed E-state index contributed by atoms with van der Waals surface area (Å²) in [5.74, 6) is 0.135. The van der Waals surface area contributed by atoms with Gasteiger partial charge in [-0.15, -0.1) is 0 Å². The number of nitrogens with zero attached hydrogens (tertiary/aromatic N) is 3. The third-order valence-electron chi connectivity index (χ3n) is 5.05. The number of furan rings is 1. The summed E-state index contributed by atoms with van der Waals surface area (Å²) in [6.45, 7) is 1.63. The quantitative estimate of drug-likeness (QED) is 0.452. The monoisotopic (exact) mass is 456 g/mol. The first-order chi connectivity index (χ1) is 15.5. The third-order valence-corrected chi connectivity index (χ3v) is 5.99. The van der Waals surface area contributed by atoms with Crippen LogP contribution in [0.5, 0.6) is 0 Å². The first kappa shape index (κ1) is 21.8. The number of halogens is 1. The largest absolute Gasteiger partial charge is 0.459 e. The van der Waals surface area contributed by atoms with Crippen molar-refractivity contribution in [2.75, 3.05) is 26.2 Å². The molecule has 166 valence electrons. The zero-order valence-electron chi connectivity index (χ0n) is 17.1. The zero-order chi connectivity index (χ0) is 22.5. The first-order valence-electron chi connectivity index (χ1n) is 10.1. The molecular weight excluding hydrogens is 435 g/mol. The Balaban J connectivity index is 1.32. The fraction of sp³-hybridized carbons (Fsp3) is 0.273. The second kappa shape index (κ2) is 9.82. The number of aromatic nitrogens is 2. The van der Waals surface area contributed by atoms with Gasteiger partial charge in [0, 0.05) is 38.0 Å². The van der Waals surface area contributed by atoms with E-state index in [1.54, 1.807) is 34.1 Å². The topological polar surface area (TPSA) is 99.5 Å². The zero-order valence-corrected chi connectivity index (χ0v) is 17.9. The van der Waals surface area contributed by atoms with Crippen LogP contribution in [0, 0.1) is 5.82 Å². The minimum Gasteiger partial charge on any atom is -0.459 e. The molecule has 2 aromatic heterocycles. The van der Waals surface area contributed by atoms with E-state index in [-0.39, 0.29) is 35.4 Å². The maximum atomic E-state index is 13.0. The summed E-state index contributed by atoms with van der Waals surface area (Å²) in [6.07, 6.45) is 1.45.